The number of aliphatic hydroxyl groups is 1. The van der Waals surface area contributed by atoms with E-state index in [-0.39, 0.29) is 28.4 Å². The Balaban J connectivity index is 0.00000210. The standard InChI is InChI=1S/C25H24N4O4.CH4O/c1-14-10-11-19(12-15(14)2)27-24(31)22(16(3)26)29-28-21-9-5-8-20(23(21)30)17-6-4-7-18(13-17)25(32)33;1-2/h4-13,26,28,30H,1-3H3,(H,27,31)(H,32,33);2H,1H3/b26-16?,29-22-;. The number of phenols is 1. The molecule has 3 rings (SSSR count). The zero-order chi connectivity index (χ0) is 26.1. The van der Waals surface area contributed by atoms with E-state index in [2.05, 4.69) is 15.8 Å². The summed E-state index contributed by atoms with van der Waals surface area (Å²) in [7, 11) is 1.00. The number of nitrogens with one attached hydrogen (secondary N) is 3. The van der Waals surface area contributed by atoms with Crippen LogP contribution in [0, 0.1) is 19.3 Å². The molecule has 0 saturated heterocycles. The van der Waals surface area contributed by atoms with Gasteiger partial charge in [-0.05, 0) is 67.8 Å². The Hall–Kier alpha value is -4.50. The maximum Gasteiger partial charge on any atom is 0.335 e. The van der Waals surface area contributed by atoms with E-state index in [9.17, 15) is 19.8 Å². The highest BCUT2D eigenvalue weighted by molar-refractivity contribution is 6.67. The highest BCUT2D eigenvalue weighted by Gasteiger charge is 2.16. The number of nitrogens with zero attached hydrogens (tertiary/aromatic N) is 1. The van der Waals surface area contributed by atoms with Crippen LogP contribution >= 0.6 is 0 Å². The SMILES string of the molecule is CC(=N)/C(=N/Nc1cccc(-c2cccc(C(=O)O)c2)c1O)C(=O)Nc1ccc(C)c(C)c1.CO. The summed E-state index contributed by atoms with van der Waals surface area (Å²) in [4.78, 5) is 24.0. The van der Waals surface area contributed by atoms with Gasteiger partial charge < -0.3 is 26.0 Å². The van der Waals surface area contributed by atoms with E-state index < -0.39 is 11.9 Å². The minimum Gasteiger partial charge on any atom is -0.505 e. The Bertz CT molecular complexity index is 1280. The molecular weight excluding hydrogens is 448 g/mol. The number of carbonyl (C=O) groups excluding carboxylic acids is 1. The number of carboxylic acid groups (broad SMARTS) is 1. The lowest BCUT2D eigenvalue weighted by Crippen LogP contribution is -2.29. The number of amides is 1. The van der Waals surface area contributed by atoms with Gasteiger partial charge >= 0.3 is 5.97 Å². The van der Waals surface area contributed by atoms with Gasteiger partial charge in [0, 0.05) is 18.4 Å². The van der Waals surface area contributed by atoms with Crippen molar-refractivity contribution in [1.82, 2.24) is 0 Å². The summed E-state index contributed by atoms with van der Waals surface area (Å²) >= 11 is 0. The first kappa shape index (κ1) is 26.7. The molecule has 0 aliphatic heterocycles. The Morgan fingerprint density at radius 3 is 2.26 bits per heavy atom. The van der Waals surface area contributed by atoms with Crippen molar-refractivity contribution in [2.24, 2.45) is 5.10 Å². The normalized spacial score (nSPS) is 10.6. The molecule has 0 bridgehead atoms. The van der Waals surface area contributed by atoms with Gasteiger partial charge in [-0.1, -0.05) is 30.3 Å². The molecule has 3 aromatic rings. The number of aryl methyl sites for hydroxylation is 2. The predicted molar refractivity (Wildman–Crippen MR) is 138 cm³/mol. The van der Waals surface area contributed by atoms with E-state index in [0.717, 1.165) is 18.2 Å². The lowest BCUT2D eigenvalue weighted by atomic mass is 10.0. The van der Waals surface area contributed by atoms with Crippen LogP contribution in [0.15, 0.2) is 65.8 Å². The minimum absolute atomic E-state index is 0.0614. The molecule has 0 heterocycles. The fraction of sp³-hybridized carbons (Fsp3) is 0.154. The number of hydrogen-bond donors (Lipinski definition) is 6. The number of carbonyl (C=O) groups is 2. The molecule has 6 N–H and O–H groups in total. The number of aromatic carboxylic acids is 1. The van der Waals surface area contributed by atoms with Gasteiger partial charge in [0.1, 0.15) is 5.75 Å². The summed E-state index contributed by atoms with van der Waals surface area (Å²) in [5.74, 6) is -1.81. The predicted octanol–water partition coefficient (Wildman–Crippen LogP) is 4.43. The van der Waals surface area contributed by atoms with Crippen LogP contribution in [-0.4, -0.2) is 45.7 Å². The Labute approximate surface area is 203 Å². The number of anilines is 2. The number of hydrogen-bond acceptors (Lipinski definition) is 7. The zero-order valence-electron chi connectivity index (χ0n) is 19.9. The maximum atomic E-state index is 12.7. The van der Waals surface area contributed by atoms with E-state index in [0.29, 0.717) is 16.8 Å². The molecule has 0 fully saturated rings. The molecule has 9 heteroatoms. The average molecular weight is 477 g/mol. The first-order valence-corrected chi connectivity index (χ1v) is 10.6. The molecule has 0 radical (unpaired) electrons. The highest BCUT2D eigenvalue weighted by atomic mass is 16.4. The van der Waals surface area contributed by atoms with Crippen LogP contribution in [0.4, 0.5) is 11.4 Å². The van der Waals surface area contributed by atoms with Gasteiger partial charge in [-0.25, -0.2) is 4.79 Å². The summed E-state index contributed by atoms with van der Waals surface area (Å²) in [5, 5.41) is 41.6. The third kappa shape index (κ3) is 6.75. The van der Waals surface area contributed by atoms with Crippen LogP contribution in [-0.2, 0) is 4.79 Å². The highest BCUT2D eigenvalue weighted by Crippen LogP contribution is 2.35. The van der Waals surface area contributed by atoms with Gasteiger partial charge in [-0.3, -0.25) is 10.2 Å². The number of aromatic hydroxyl groups is 1. The van der Waals surface area contributed by atoms with Crippen LogP contribution < -0.4 is 10.7 Å². The zero-order valence-corrected chi connectivity index (χ0v) is 19.9. The van der Waals surface area contributed by atoms with Crippen LogP contribution in [0.25, 0.3) is 11.1 Å². The summed E-state index contributed by atoms with van der Waals surface area (Å²) < 4.78 is 0. The Morgan fingerprint density at radius 2 is 1.63 bits per heavy atom. The fourth-order valence-corrected chi connectivity index (χ4v) is 3.12. The first-order valence-electron chi connectivity index (χ1n) is 10.6. The second-order valence-corrected chi connectivity index (χ2v) is 7.54. The maximum absolute atomic E-state index is 12.7. The van der Waals surface area contributed by atoms with Crippen LogP contribution in [0.1, 0.15) is 28.4 Å². The Morgan fingerprint density at radius 1 is 0.943 bits per heavy atom. The molecular formula is C26H28N4O5. The summed E-state index contributed by atoms with van der Waals surface area (Å²) in [6, 6.07) is 16.5. The second kappa shape index (κ2) is 12.1. The van der Waals surface area contributed by atoms with E-state index in [1.165, 1.54) is 19.1 Å². The molecule has 35 heavy (non-hydrogen) atoms. The van der Waals surface area contributed by atoms with Gasteiger partial charge in [0.25, 0.3) is 5.91 Å². The van der Waals surface area contributed by atoms with Gasteiger partial charge in [0.2, 0.25) is 0 Å². The quantitative estimate of drug-likeness (QED) is 0.168. The number of aliphatic hydroxyl groups excluding tert-OH is 1. The number of carboxylic acids is 1. The number of rotatable bonds is 7. The van der Waals surface area contributed by atoms with Crippen molar-refractivity contribution in [2.75, 3.05) is 17.9 Å². The molecule has 182 valence electrons. The Kier molecular flexibility index (Phi) is 9.25. The molecule has 9 nitrogen and oxygen atoms in total. The topological polar surface area (TPSA) is 155 Å². The third-order valence-corrected chi connectivity index (χ3v) is 5.08. The molecule has 0 saturated carbocycles. The molecule has 0 aliphatic rings. The molecule has 0 aromatic heterocycles. The second-order valence-electron chi connectivity index (χ2n) is 7.54. The van der Waals surface area contributed by atoms with E-state index in [1.807, 2.05) is 26.0 Å². The van der Waals surface area contributed by atoms with Gasteiger partial charge in [-0.15, -0.1) is 0 Å². The van der Waals surface area contributed by atoms with Gasteiger partial charge in [0.05, 0.1) is 17.0 Å². The van der Waals surface area contributed by atoms with Gasteiger partial charge in [-0.2, -0.15) is 5.10 Å². The summed E-state index contributed by atoms with van der Waals surface area (Å²) in [6.45, 7) is 5.34. The van der Waals surface area contributed by atoms with Crippen molar-refractivity contribution in [2.45, 2.75) is 20.8 Å². The van der Waals surface area contributed by atoms with Crippen molar-refractivity contribution in [3.8, 4) is 16.9 Å². The molecule has 0 spiro atoms. The molecule has 1 amide bonds. The van der Waals surface area contributed by atoms with E-state index >= 15 is 0 Å². The molecule has 0 aliphatic carbocycles. The minimum atomic E-state index is -1.07. The number of para-hydroxylation sites is 1. The number of phenolic OH excluding ortho intramolecular Hbond substituents is 1. The van der Waals surface area contributed by atoms with Crippen molar-refractivity contribution >= 4 is 34.7 Å². The van der Waals surface area contributed by atoms with Crippen molar-refractivity contribution in [3.05, 3.63) is 77.4 Å². The number of benzene rings is 3. The summed E-state index contributed by atoms with van der Waals surface area (Å²) in [5.41, 5.74) is 6.33. The lowest BCUT2D eigenvalue weighted by Gasteiger charge is -2.12. The summed E-state index contributed by atoms with van der Waals surface area (Å²) in [6.07, 6.45) is 0. The van der Waals surface area contributed by atoms with E-state index in [1.54, 1.807) is 36.4 Å². The third-order valence-electron chi connectivity index (χ3n) is 5.08. The molecule has 3 aromatic carbocycles. The molecule has 0 unspecified atom stereocenters. The van der Waals surface area contributed by atoms with Crippen molar-refractivity contribution in [3.63, 3.8) is 0 Å². The van der Waals surface area contributed by atoms with Crippen LogP contribution in [0.3, 0.4) is 0 Å². The van der Waals surface area contributed by atoms with Crippen LogP contribution in [0.5, 0.6) is 5.75 Å². The lowest BCUT2D eigenvalue weighted by molar-refractivity contribution is -0.110. The average Bonchev–Trinajstić information content (AvgIpc) is 2.83. The van der Waals surface area contributed by atoms with Crippen molar-refractivity contribution in [1.29, 1.82) is 5.41 Å². The monoisotopic (exact) mass is 476 g/mol. The number of hydrazone groups is 1. The van der Waals surface area contributed by atoms with Crippen LogP contribution in [0.2, 0.25) is 0 Å². The van der Waals surface area contributed by atoms with Crippen molar-refractivity contribution < 1.29 is 24.9 Å². The smallest absolute Gasteiger partial charge is 0.335 e. The van der Waals surface area contributed by atoms with E-state index in [4.69, 9.17) is 10.5 Å². The molecule has 0 atom stereocenters. The fourth-order valence-electron chi connectivity index (χ4n) is 3.12. The largest absolute Gasteiger partial charge is 0.505 e. The first-order chi connectivity index (χ1) is 16.7. The van der Waals surface area contributed by atoms with Gasteiger partial charge in [0.15, 0.2) is 5.71 Å².